The summed E-state index contributed by atoms with van der Waals surface area (Å²) in [5.74, 6) is 0.177. The quantitative estimate of drug-likeness (QED) is 0.601. The molecule has 0 rings (SSSR count). The number of hydrogen-bond donors (Lipinski definition) is 1. The Balaban J connectivity index is 3.68. The molecule has 0 spiro atoms. The van der Waals surface area contributed by atoms with Crippen molar-refractivity contribution < 1.29 is 4.79 Å². The van der Waals surface area contributed by atoms with E-state index in [1.807, 2.05) is 0 Å². The van der Waals surface area contributed by atoms with Crippen LogP contribution in [0.2, 0.25) is 0 Å². The van der Waals surface area contributed by atoms with Crippen LogP contribution < -0.4 is 5.73 Å². The monoisotopic (exact) mass is 215 g/mol. The van der Waals surface area contributed by atoms with E-state index in [-0.39, 0.29) is 5.91 Å². The number of carbonyl (C=O) groups excluding carboxylic acids is 1. The fourth-order valence-electron chi connectivity index (χ4n) is 1.34. The zero-order chi connectivity index (χ0) is 11.7. The molecule has 4 heteroatoms. The van der Waals surface area contributed by atoms with Crippen LogP contribution in [-0.2, 0) is 4.79 Å². The molecule has 0 atom stereocenters. The van der Waals surface area contributed by atoms with Gasteiger partial charge in [0.05, 0.1) is 6.54 Å². The zero-order valence-corrected chi connectivity index (χ0v) is 10.3. The van der Waals surface area contributed by atoms with Gasteiger partial charge in [0.15, 0.2) is 0 Å². The molecule has 4 nitrogen and oxygen atoms in total. The highest BCUT2D eigenvalue weighted by Gasteiger charge is 2.09. The van der Waals surface area contributed by atoms with E-state index in [1.165, 1.54) is 0 Å². The summed E-state index contributed by atoms with van der Waals surface area (Å²) >= 11 is 0. The highest BCUT2D eigenvalue weighted by atomic mass is 16.2. The molecule has 0 aromatic rings. The number of unbranched alkanes of at least 4 members (excludes halogenated alkanes) is 2. The van der Waals surface area contributed by atoms with Crippen LogP contribution in [0.1, 0.15) is 26.2 Å². The molecule has 1 amide bonds. The topological polar surface area (TPSA) is 49.6 Å². The van der Waals surface area contributed by atoms with Crippen molar-refractivity contribution in [3.05, 3.63) is 0 Å². The molecule has 0 fully saturated rings. The maximum absolute atomic E-state index is 11.5. The van der Waals surface area contributed by atoms with Gasteiger partial charge in [-0.05, 0) is 32.5 Å². The maximum atomic E-state index is 11.5. The molecular weight excluding hydrogens is 190 g/mol. The van der Waals surface area contributed by atoms with E-state index in [0.29, 0.717) is 6.54 Å². The molecule has 0 saturated carbocycles. The maximum Gasteiger partial charge on any atom is 0.236 e. The summed E-state index contributed by atoms with van der Waals surface area (Å²) < 4.78 is 0. The van der Waals surface area contributed by atoms with Crippen LogP contribution in [0.3, 0.4) is 0 Å². The van der Waals surface area contributed by atoms with Crippen molar-refractivity contribution in [1.29, 1.82) is 0 Å². The van der Waals surface area contributed by atoms with E-state index in [9.17, 15) is 4.79 Å². The third kappa shape index (κ3) is 7.33. The van der Waals surface area contributed by atoms with Gasteiger partial charge in [0.2, 0.25) is 5.91 Å². The van der Waals surface area contributed by atoms with Crippen molar-refractivity contribution in [3.8, 4) is 0 Å². The molecule has 15 heavy (non-hydrogen) atoms. The van der Waals surface area contributed by atoms with Gasteiger partial charge < -0.3 is 10.6 Å². The summed E-state index contributed by atoms with van der Waals surface area (Å²) in [6.45, 7) is 5.32. The van der Waals surface area contributed by atoms with E-state index in [4.69, 9.17) is 5.73 Å². The molecule has 0 bridgehead atoms. The molecule has 0 aliphatic rings. The Morgan fingerprint density at radius 1 is 1.20 bits per heavy atom. The molecule has 0 aromatic carbocycles. The molecule has 2 N–H and O–H groups in total. The van der Waals surface area contributed by atoms with Crippen molar-refractivity contribution >= 4 is 5.91 Å². The largest absolute Gasteiger partial charge is 0.348 e. The summed E-state index contributed by atoms with van der Waals surface area (Å²) in [5, 5.41) is 0. The number of nitrogens with two attached hydrogens (primary N) is 1. The Bertz CT molecular complexity index is 171. The average Bonchev–Trinajstić information content (AvgIpc) is 2.22. The van der Waals surface area contributed by atoms with Gasteiger partial charge in [-0.2, -0.15) is 0 Å². The minimum atomic E-state index is 0.177. The van der Waals surface area contributed by atoms with Crippen molar-refractivity contribution in [2.45, 2.75) is 26.2 Å². The number of nitrogens with zero attached hydrogens (tertiary/aromatic N) is 2. The predicted molar refractivity (Wildman–Crippen MR) is 63.7 cm³/mol. The smallest absolute Gasteiger partial charge is 0.236 e. The Hall–Kier alpha value is -0.610. The van der Waals surface area contributed by atoms with Crippen LogP contribution in [0.4, 0.5) is 0 Å². The van der Waals surface area contributed by atoms with Gasteiger partial charge in [0.1, 0.15) is 0 Å². The summed E-state index contributed by atoms with van der Waals surface area (Å²) in [6, 6.07) is 0. The number of rotatable bonds is 8. The molecule has 0 aromatic heterocycles. The second-order valence-corrected chi connectivity index (χ2v) is 4.01. The Labute approximate surface area is 93.4 Å². The summed E-state index contributed by atoms with van der Waals surface area (Å²) in [4.78, 5) is 15.3. The Morgan fingerprint density at radius 3 is 2.33 bits per heavy atom. The SMILES string of the molecule is CCN(CCCCCN)CC(=O)N(C)C. The predicted octanol–water partition coefficient (Wildman–Crippen LogP) is 0.526. The molecule has 90 valence electrons. The van der Waals surface area contributed by atoms with Crippen molar-refractivity contribution in [1.82, 2.24) is 9.80 Å². The summed E-state index contributed by atoms with van der Waals surface area (Å²) in [5.41, 5.74) is 5.42. The number of amides is 1. The highest BCUT2D eigenvalue weighted by Crippen LogP contribution is 1.98. The standard InChI is InChI=1S/C11H25N3O/c1-4-14(9-7-5-6-8-12)10-11(15)13(2)3/h4-10,12H2,1-3H3. The number of carbonyl (C=O) groups is 1. The molecule has 0 heterocycles. The zero-order valence-electron chi connectivity index (χ0n) is 10.3. The van der Waals surface area contributed by atoms with E-state index in [1.54, 1.807) is 19.0 Å². The molecule has 0 radical (unpaired) electrons. The highest BCUT2D eigenvalue weighted by molar-refractivity contribution is 5.77. The third-order valence-corrected chi connectivity index (χ3v) is 2.48. The second kappa shape index (κ2) is 8.68. The lowest BCUT2D eigenvalue weighted by Crippen LogP contribution is -2.37. The van der Waals surface area contributed by atoms with Gasteiger partial charge >= 0.3 is 0 Å². The van der Waals surface area contributed by atoms with Crippen LogP contribution in [-0.4, -0.2) is 56.0 Å². The number of likely N-dealkylation sites (N-methyl/N-ethyl adjacent to an activating group) is 2. The van der Waals surface area contributed by atoms with E-state index in [2.05, 4.69) is 11.8 Å². The summed E-state index contributed by atoms with van der Waals surface area (Å²) in [7, 11) is 3.59. The molecule has 0 saturated heterocycles. The van der Waals surface area contributed by atoms with E-state index < -0.39 is 0 Å². The van der Waals surface area contributed by atoms with Crippen LogP contribution in [0, 0.1) is 0 Å². The number of hydrogen-bond acceptors (Lipinski definition) is 3. The van der Waals surface area contributed by atoms with Crippen LogP contribution in [0.5, 0.6) is 0 Å². The molecule has 0 unspecified atom stereocenters. The van der Waals surface area contributed by atoms with Crippen LogP contribution >= 0.6 is 0 Å². The average molecular weight is 215 g/mol. The fraction of sp³-hybridized carbons (Fsp3) is 0.909. The first kappa shape index (κ1) is 14.4. The van der Waals surface area contributed by atoms with E-state index >= 15 is 0 Å². The van der Waals surface area contributed by atoms with Gasteiger partial charge in [0, 0.05) is 14.1 Å². The van der Waals surface area contributed by atoms with Gasteiger partial charge in [-0.15, -0.1) is 0 Å². The summed E-state index contributed by atoms with van der Waals surface area (Å²) in [6.07, 6.45) is 3.37. The van der Waals surface area contributed by atoms with Crippen molar-refractivity contribution in [3.63, 3.8) is 0 Å². The first-order valence-corrected chi connectivity index (χ1v) is 5.74. The minimum absolute atomic E-state index is 0.177. The molecular formula is C11H25N3O. The van der Waals surface area contributed by atoms with Gasteiger partial charge in [-0.1, -0.05) is 13.3 Å². The van der Waals surface area contributed by atoms with Crippen molar-refractivity contribution in [2.75, 3.05) is 40.3 Å². The van der Waals surface area contributed by atoms with Crippen LogP contribution in [0.15, 0.2) is 0 Å². The van der Waals surface area contributed by atoms with Gasteiger partial charge in [0.25, 0.3) is 0 Å². The molecule has 0 aliphatic heterocycles. The van der Waals surface area contributed by atoms with Gasteiger partial charge in [-0.3, -0.25) is 9.69 Å². The lowest BCUT2D eigenvalue weighted by atomic mass is 10.2. The Morgan fingerprint density at radius 2 is 1.87 bits per heavy atom. The van der Waals surface area contributed by atoms with Gasteiger partial charge in [-0.25, -0.2) is 0 Å². The van der Waals surface area contributed by atoms with Crippen LogP contribution in [0.25, 0.3) is 0 Å². The van der Waals surface area contributed by atoms with Crippen molar-refractivity contribution in [2.24, 2.45) is 5.73 Å². The lowest BCUT2D eigenvalue weighted by Gasteiger charge is -2.21. The third-order valence-electron chi connectivity index (χ3n) is 2.48. The lowest BCUT2D eigenvalue weighted by molar-refractivity contribution is -0.129. The minimum Gasteiger partial charge on any atom is -0.348 e. The first-order chi connectivity index (χ1) is 7.11. The Kier molecular flexibility index (Phi) is 8.33. The van der Waals surface area contributed by atoms with E-state index in [0.717, 1.165) is 38.9 Å². The second-order valence-electron chi connectivity index (χ2n) is 4.01. The first-order valence-electron chi connectivity index (χ1n) is 5.74. The molecule has 0 aliphatic carbocycles. The normalized spacial score (nSPS) is 10.7. The fourth-order valence-corrected chi connectivity index (χ4v) is 1.34.